The number of hydrogen-bond donors (Lipinski definition) is 1. The summed E-state index contributed by atoms with van der Waals surface area (Å²) in [4.78, 5) is 16.3. The van der Waals surface area contributed by atoms with Gasteiger partial charge in [0.1, 0.15) is 17.3 Å². The Morgan fingerprint density at radius 2 is 1.88 bits per heavy atom. The number of carbonyl (C=O) groups is 1. The maximum Gasteiger partial charge on any atom is 0.271 e. The summed E-state index contributed by atoms with van der Waals surface area (Å²) >= 11 is 1.31. The predicted octanol–water partition coefficient (Wildman–Crippen LogP) is 3.79. The molecule has 0 saturated carbocycles. The van der Waals surface area contributed by atoms with Crippen LogP contribution in [0, 0.1) is 5.82 Å². The number of halogens is 1. The molecule has 1 aromatic heterocycles. The fourth-order valence-corrected chi connectivity index (χ4v) is 2.74. The van der Waals surface area contributed by atoms with Crippen LogP contribution in [0.25, 0.3) is 0 Å². The van der Waals surface area contributed by atoms with Crippen LogP contribution in [0.4, 0.5) is 4.39 Å². The summed E-state index contributed by atoms with van der Waals surface area (Å²) in [6.07, 6.45) is 0. The molecule has 6 heteroatoms. The Hall–Kier alpha value is -2.73. The third-order valence-corrected chi connectivity index (χ3v) is 4.09. The van der Waals surface area contributed by atoms with Gasteiger partial charge in [0.25, 0.3) is 5.91 Å². The standard InChI is InChI=1S/C18H15FN2O2S/c19-14-8-4-5-9-16(14)23-11-17-21-15(12-24-17)18(22)20-10-13-6-2-1-3-7-13/h1-9,12H,10-11H2,(H,20,22). The topological polar surface area (TPSA) is 51.2 Å². The van der Waals surface area contributed by atoms with Gasteiger partial charge in [-0.15, -0.1) is 11.3 Å². The minimum absolute atomic E-state index is 0.123. The summed E-state index contributed by atoms with van der Waals surface area (Å²) in [6, 6.07) is 15.8. The molecule has 0 radical (unpaired) electrons. The van der Waals surface area contributed by atoms with Crippen molar-refractivity contribution in [2.24, 2.45) is 0 Å². The fourth-order valence-electron chi connectivity index (χ4n) is 2.05. The van der Waals surface area contributed by atoms with Gasteiger partial charge in [-0.25, -0.2) is 9.37 Å². The Labute approximate surface area is 142 Å². The largest absolute Gasteiger partial charge is 0.483 e. The lowest BCUT2D eigenvalue weighted by Crippen LogP contribution is -2.23. The number of aromatic nitrogens is 1. The Bertz CT molecular complexity index is 821. The molecule has 0 aliphatic heterocycles. The van der Waals surface area contributed by atoms with E-state index in [2.05, 4.69) is 10.3 Å². The SMILES string of the molecule is O=C(NCc1ccccc1)c1csc(COc2ccccc2F)n1. The molecule has 0 atom stereocenters. The monoisotopic (exact) mass is 342 g/mol. The maximum atomic E-state index is 13.5. The van der Waals surface area contributed by atoms with Crippen LogP contribution >= 0.6 is 11.3 Å². The van der Waals surface area contributed by atoms with Crippen molar-refractivity contribution in [1.82, 2.24) is 10.3 Å². The number of benzene rings is 2. The molecule has 1 amide bonds. The number of nitrogens with one attached hydrogen (secondary N) is 1. The quantitative estimate of drug-likeness (QED) is 0.741. The number of ether oxygens (including phenoxy) is 1. The van der Waals surface area contributed by atoms with Crippen LogP contribution in [0.2, 0.25) is 0 Å². The van der Waals surface area contributed by atoms with E-state index in [1.165, 1.54) is 17.4 Å². The van der Waals surface area contributed by atoms with E-state index in [9.17, 15) is 9.18 Å². The lowest BCUT2D eigenvalue weighted by Gasteiger charge is -2.04. The first-order valence-electron chi connectivity index (χ1n) is 7.36. The highest BCUT2D eigenvalue weighted by Gasteiger charge is 2.11. The van der Waals surface area contributed by atoms with E-state index in [0.29, 0.717) is 17.2 Å². The van der Waals surface area contributed by atoms with Gasteiger partial charge < -0.3 is 10.1 Å². The summed E-state index contributed by atoms with van der Waals surface area (Å²) < 4.78 is 18.9. The van der Waals surface area contributed by atoms with Gasteiger partial charge in [0.2, 0.25) is 0 Å². The second-order valence-corrected chi connectivity index (χ2v) is 5.96. The van der Waals surface area contributed by atoms with Crippen molar-refractivity contribution in [2.45, 2.75) is 13.2 Å². The van der Waals surface area contributed by atoms with Gasteiger partial charge in [-0.3, -0.25) is 4.79 Å². The zero-order valence-electron chi connectivity index (χ0n) is 12.7. The number of nitrogens with zero attached hydrogens (tertiary/aromatic N) is 1. The number of amides is 1. The molecule has 0 fully saturated rings. The van der Waals surface area contributed by atoms with E-state index in [1.54, 1.807) is 23.6 Å². The molecule has 0 aliphatic carbocycles. The Morgan fingerprint density at radius 3 is 2.67 bits per heavy atom. The van der Waals surface area contributed by atoms with Crippen LogP contribution < -0.4 is 10.1 Å². The van der Waals surface area contributed by atoms with Gasteiger partial charge in [0.05, 0.1) is 0 Å². The second-order valence-electron chi connectivity index (χ2n) is 5.01. The predicted molar refractivity (Wildman–Crippen MR) is 90.5 cm³/mol. The van der Waals surface area contributed by atoms with Crippen molar-refractivity contribution in [3.05, 3.63) is 82.1 Å². The molecule has 1 heterocycles. The molecule has 3 rings (SSSR count). The van der Waals surface area contributed by atoms with Gasteiger partial charge in [-0.1, -0.05) is 42.5 Å². The van der Waals surface area contributed by atoms with E-state index in [4.69, 9.17) is 4.74 Å². The van der Waals surface area contributed by atoms with Crippen molar-refractivity contribution in [2.75, 3.05) is 0 Å². The molecular weight excluding hydrogens is 327 g/mol. The lowest BCUT2D eigenvalue weighted by atomic mass is 10.2. The van der Waals surface area contributed by atoms with Gasteiger partial charge in [0, 0.05) is 11.9 Å². The van der Waals surface area contributed by atoms with Crippen LogP contribution in [0.15, 0.2) is 60.0 Å². The summed E-state index contributed by atoms with van der Waals surface area (Å²) in [5.41, 5.74) is 1.35. The highest BCUT2D eigenvalue weighted by Crippen LogP contribution is 2.18. The zero-order valence-corrected chi connectivity index (χ0v) is 13.6. The highest BCUT2D eigenvalue weighted by molar-refractivity contribution is 7.09. The summed E-state index contributed by atoms with van der Waals surface area (Å²) in [5.74, 6) is -0.495. The first-order chi connectivity index (χ1) is 11.7. The van der Waals surface area contributed by atoms with Gasteiger partial charge >= 0.3 is 0 Å². The third kappa shape index (κ3) is 4.17. The molecule has 24 heavy (non-hydrogen) atoms. The third-order valence-electron chi connectivity index (χ3n) is 3.27. The first-order valence-corrected chi connectivity index (χ1v) is 8.24. The maximum absolute atomic E-state index is 13.5. The van der Waals surface area contributed by atoms with Crippen LogP contribution in [0.3, 0.4) is 0 Å². The molecular formula is C18H15FN2O2S. The number of carbonyl (C=O) groups excluding carboxylic acids is 1. The molecule has 2 aromatic carbocycles. The molecule has 0 unspecified atom stereocenters. The van der Waals surface area contributed by atoms with Crippen molar-refractivity contribution in [3.63, 3.8) is 0 Å². The van der Waals surface area contributed by atoms with Crippen LogP contribution in [-0.2, 0) is 13.2 Å². The first kappa shape index (κ1) is 16.1. The average Bonchev–Trinajstić information content (AvgIpc) is 3.09. The fraction of sp³-hybridized carbons (Fsp3) is 0.111. The highest BCUT2D eigenvalue weighted by atomic mass is 32.1. The van der Waals surface area contributed by atoms with Crippen molar-refractivity contribution < 1.29 is 13.9 Å². The number of para-hydroxylation sites is 1. The molecule has 0 saturated heterocycles. The molecule has 122 valence electrons. The summed E-state index contributed by atoms with van der Waals surface area (Å²) in [7, 11) is 0. The van der Waals surface area contributed by atoms with Gasteiger partial charge in [-0.05, 0) is 17.7 Å². The van der Waals surface area contributed by atoms with Gasteiger partial charge in [0.15, 0.2) is 11.6 Å². The van der Waals surface area contributed by atoms with Gasteiger partial charge in [-0.2, -0.15) is 0 Å². The lowest BCUT2D eigenvalue weighted by molar-refractivity contribution is 0.0946. The van der Waals surface area contributed by atoms with E-state index < -0.39 is 5.82 Å². The van der Waals surface area contributed by atoms with Crippen molar-refractivity contribution >= 4 is 17.2 Å². The minimum atomic E-state index is -0.421. The van der Waals surface area contributed by atoms with E-state index in [1.807, 2.05) is 30.3 Å². The van der Waals surface area contributed by atoms with E-state index >= 15 is 0 Å². The Kier molecular flexibility index (Phi) is 5.18. The summed E-state index contributed by atoms with van der Waals surface area (Å²) in [6.45, 7) is 0.565. The van der Waals surface area contributed by atoms with Crippen molar-refractivity contribution in [3.8, 4) is 5.75 Å². The normalized spacial score (nSPS) is 10.4. The van der Waals surface area contributed by atoms with Crippen LogP contribution in [-0.4, -0.2) is 10.9 Å². The molecule has 4 nitrogen and oxygen atoms in total. The zero-order chi connectivity index (χ0) is 16.8. The Morgan fingerprint density at radius 1 is 1.12 bits per heavy atom. The second kappa shape index (κ2) is 7.70. The molecule has 3 aromatic rings. The number of thiazole rings is 1. The van der Waals surface area contributed by atoms with Crippen LogP contribution in [0.5, 0.6) is 5.75 Å². The van der Waals surface area contributed by atoms with Crippen molar-refractivity contribution in [1.29, 1.82) is 0 Å². The molecule has 0 bridgehead atoms. The number of rotatable bonds is 6. The van der Waals surface area contributed by atoms with E-state index in [-0.39, 0.29) is 18.3 Å². The smallest absolute Gasteiger partial charge is 0.271 e. The van der Waals surface area contributed by atoms with E-state index in [0.717, 1.165) is 5.56 Å². The minimum Gasteiger partial charge on any atom is -0.483 e. The number of hydrogen-bond acceptors (Lipinski definition) is 4. The summed E-state index contributed by atoms with van der Waals surface area (Å²) in [5, 5.41) is 5.10. The average molecular weight is 342 g/mol. The molecule has 1 N–H and O–H groups in total. The molecule has 0 spiro atoms. The Balaban J connectivity index is 1.55. The van der Waals surface area contributed by atoms with Crippen LogP contribution in [0.1, 0.15) is 21.1 Å². The molecule has 0 aliphatic rings.